The number of thiophene rings is 1. The van der Waals surface area contributed by atoms with Gasteiger partial charge in [-0.1, -0.05) is 0 Å². The molecule has 0 fully saturated rings. The largest absolute Gasteiger partial charge is 0.337 e. The van der Waals surface area contributed by atoms with Crippen LogP contribution in [0.5, 0.6) is 0 Å². The summed E-state index contributed by atoms with van der Waals surface area (Å²) in [5.41, 5.74) is 1.61. The molecule has 0 saturated carbocycles. The molecule has 1 aliphatic carbocycles. The molecule has 1 unspecified atom stereocenters. The zero-order chi connectivity index (χ0) is 13.8. The summed E-state index contributed by atoms with van der Waals surface area (Å²) in [4.78, 5) is 7.22. The Morgan fingerprint density at radius 1 is 1.40 bits per heavy atom. The van der Waals surface area contributed by atoms with Gasteiger partial charge in [0.25, 0.3) is 0 Å². The lowest BCUT2D eigenvalue weighted by Crippen LogP contribution is -2.20. The van der Waals surface area contributed by atoms with Gasteiger partial charge >= 0.3 is 0 Å². The van der Waals surface area contributed by atoms with Crippen LogP contribution in [0.15, 0.2) is 24.8 Å². The Morgan fingerprint density at radius 2 is 2.30 bits per heavy atom. The highest BCUT2D eigenvalue weighted by Crippen LogP contribution is 2.32. The fourth-order valence-corrected chi connectivity index (χ4v) is 4.11. The number of hydrogen-bond acceptors (Lipinski definition) is 3. The van der Waals surface area contributed by atoms with Crippen molar-refractivity contribution in [2.45, 2.75) is 51.6 Å². The van der Waals surface area contributed by atoms with E-state index in [0.29, 0.717) is 6.04 Å². The Morgan fingerprint density at radius 3 is 3.10 bits per heavy atom. The summed E-state index contributed by atoms with van der Waals surface area (Å²) >= 11 is 2.02. The molecule has 1 aliphatic rings. The predicted octanol–water partition coefficient (Wildman–Crippen LogP) is 3.56. The number of aromatic nitrogens is 2. The van der Waals surface area contributed by atoms with Crippen molar-refractivity contribution in [2.24, 2.45) is 0 Å². The Kier molecular flexibility index (Phi) is 4.53. The van der Waals surface area contributed by atoms with E-state index >= 15 is 0 Å². The smallest absolute Gasteiger partial charge is 0.0945 e. The van der Waals surface area contributed by atoms with E-state index < -0.39 is 0 Å². The molecule has 108 valence electrons. The zero-order valence-corrected chi connectivity index (χ0v) is 13.0. The average molecular weight is 289 g/mol. The highest BCUT2D eigenvalue weighted by Gasteiger charge is 2.16. The van der Waals surface area contributed by atoms with Gasteiger partial charge in [0, 0.05) is 34.7 Å². The molecule has 20 heavy (non-hydrogen) atoms. The molecule has 1 N–H and O–H groups in total. The van der Waals surface area contributed by atoms with Gasteiger partial charge in [-0.2, -0.15) is 0 Å². The Bertz CT molecular complexity index is 506. The quantitative estimate of drug-likeness (QED) is 0.824. The molecule has 0 bridgehead atoms. The highest BCUT2D eigenvalue weighted by atomic mass is 32.1. The molecule has 3 nitrogen and oxygen atoms in total. The van der Waals surface area contributed by atoms with Crippen LogP contribution >= 0.6 is 11.3 Å². The van der Waals surface area contributed by atoms with Crippen LogP contribution in [0.25, 0.3) is 0 Å². The van der Waals surface area contributed by atoms with Crippen molar-refractivity contribution in [1.29, 1.82) is 0 Å². The lowest BCUT2D eigenvalue weighted by molar-refractivity contribution is 0.531. The van der Waals surface area contributed by atoms with Crippen LogP contribution < -0.4 is 5.32 Å². The van der Waals surface area contributed by atoms with Crippen LogP contribution in [0.4, 0.5) is 0 Å². The number of imidazole rings is 1. The first kappa shape index (κ1) is 13.8. The number of hydrogen-bond donors (Lipinski definition) is 1. The fourth-order valence-electron chi connectivity index (χ4n) is 2.83. The highest BCUT2D eigenvalue weighted by molar-refractivity contribution is 7.12. The van der Waals surface area contributed by atoms with Crippen molar-refractivity contribution in [1.82, 2.24) is 14.9 Å². The third kappa shape index (κ3) is 3.30. The third-order valence-electron chi connectivity index (χ3n) is 4.05. The fraction of sp³-hybridized carbons (Fsp3) is 0.562. The van der Waals surface area contributed by atoms with E-state index in [1.165, 1.54) is 30.6 Å². The van der Waals surface area contributed by atoms with E-state index in [4.69, 9.17) is 0 Å². The number of rotatable bonds is 6. The summed E-state index contributed by atoms with van der Waals surface area (Å²) in [7, 11) is 0. The van der Waals surface area contributed by atoms with Crippen LogP contribution in [0, 0.1) is 0 Å². The molecule has 0 radical (unpaired) electrons. The van der Waals surface area contributed by atoms with Crippen molar-refractivity contribution in [3.63, 3.8) is 0 Å². The molecule has 1 atom stereocenters. The summed E-state index contributed by atoms with van der Waals surface area (Å²) in [5.74, 6) is 0. The molecule has 2 heterocycles. The molecular formula is C16H23N3S. The van der Waals surface area contributed by atoms with Crippen molar-refractivity contribution in [3.05, 3.63) is 40.1 Å². The number of fused-ring (bicyclic) bond motifs is 1. The SMILES string of the molecule is CC(NCCCn1ccnc1)c1cc2c(s1)CCCC2. The van der Waals surface area contributed by atoms with Crippen LogP contribution in [0.2, 0.25) is 0 Å². The molecule has 4 heteroatoms. The third-order valence-corrected chi connectivity index (χ3v) is 5.47. The first-order valence-electron chi connectivity index (χ1n) is 7.63. The summed E-state index contributed by atoms with van der Waals surface area (Å²) in [6, 6.07) is 2.92. The summed E-state index contributed by atoms with van der Waals surface area (Å²) in [5, 5.41) is 3.65. The van der Waals surface area contributed by atoms with Gasteiger partial charge in [0.05, 0.1) is 6.33 Å². The topological polar surface area (TPSA) is 29.9 Å². The first-order chi connectivity index (χ1) is 9.83. The monoisotopic (exact) mass is 289 g/mol. The summed E-state index contributed by atoms with van der Waals surface area (Å²) < 4.78 is 2.14. The van der Waals surface area contributed by atoms with Crippen LogP contribution in [-0.2, 0) is 19.4 Å². The standard InChI is InChI=1S/C16H23N3S/c1-13(18-7-4-9-19-10-8-17-12-19)16-11-14-5-2-3-6-15(14)20-16/h8,10-13,18H,2-7,9H2,1H3. The van der Waals surface area contributed by atoms with E-state index in [9.17, 15) is 0 Å². The van der Waals surface area contributed by atoms with Crippen molar-refractivity contribution in [2.75, 3.05) is 6.54 Å². The van der Waals surface area contributed by atoms with Gasteiger partial charge < -0.3 is 9.88 Å². The lowest BCUT2D eigenvalue weighted by Gasteiger charge is -2.12. The number of aryl methyl sites for hydroxylation is 3. The van der Waals surface area contributed by atoms with Crippen molar-refractivity contribution >= 4 is 11.3 Å². The van der Waals surface area contributed by atoms with E-state index in [2.05, 4.69) is 27.9 Å². The summed E-state index contributed by atoms with van der Waals surface area (Å²) in [6.07, 6.45) is 12.2. The van der Waals surface area contributed by atoms with Crippen molar-refractivity contribution < 1.29 is 0 Å². The van der Waals surface area contributed by atoms with E-state index in [0.717, 1.165) is 19.5 Å². The van der Waals surface area contributed by atoms with Gasteiger partial charge in [0.2, 0.25) is 0 Å². The summed E-state index contributed by atoms with van der Waals surface area (Å²) in [6.45, 7) is 4.39. The Balaban J connectivity index is 1.46. The molecule has 2 aromatic rings. The van der Waals surface area contributed by atoms with Crippen LogP contribution in [0.3, 0.4) is 0 Å². The Labute approximate surface area is 125 Å². The second kappa shape index (κ2) is 6.55. The van der Waals surface area contributed by atoms with Crippen LogP contribution in [-0.4, -0.2) is 16.1 Å². The maximum Gasteiger partial charge on any atom is 0.0945 e. The molecule has 2 aromatic heterocycles. The maximum atomic E-state index is 4.06. The van der Waals surface area contributed by atoms with Gasteiger partial charge in [-0.15, -0.1) is 11.3 Å². The molecule has 0 saturated heterocycles. The zero-order valence-electron chi connectivity index (χ0n) is 12.1. The van der Waals surface area contributed by atoms with Gasteiger partial charge in [-0.3, -0.25) is 0 Å². The second-order valence-electron chi connectivity index (χ2n) is 5.63. The van der Waals surface area contributed by atoms with Crippen molar-refractivity contribution in [3.8, 4) is 0 Å². The molecular weight excluding hydrogens is 266 g/mol. The molecule has 0 aliphatic heterocycles. The van der Waals surface area contributed by atoms with Gasteiger partial charge in [0.1, 0.15) is 0 Å². The minimum absolute atomic E-state index is 0.480. The number of nitrogens with zero attached hydrogens (tertiary/aromatic N) is 2. The van der Waals surface area contributed by atoms with E-state index in [1.54, 1.807) is 10.4 Å². The van der Waals surface area contributed by atoms with E-state index in [1.807, 2.05) is 30.1 Å². The van der Waals surface area contributed by atoms with E-state index in [-0.39, 0.29) is 0 Å². The Hall–Kier alpha value is -1.13. The van der Waals surface area contributed by atoms with Gasteiger partial charge in [0.15, 0.2) is 0 Å². The van der Waals surface area contributed by atoms with Gasteiger partial charge in [-0.25, -0.2) is 4.98 Å². The minimum Gasteiger partial charge on any atom is -0.337 e. The first-order valence-corrected chi connectivity index (χ1v) is 8.45. The molecule has 0 amide bonds. The van der Waals surface area contributed by atoms with Crippen LogP contribution in [0.1, 0.15) is 47.5 Å². The van der Waals surface area contributed by atoms with Gasteiger partial charge in [-0.05, 0) is 57.2 Å². The predicted molar refractivity (Wildman–Crippen MR) is 84.2 cm³/mol. The molecule has 0 aromatic carbocycles. The molecule has 3 rings (SSSR count). The maximum absolute atomic E-state index is 4.06. The lowest BCUT2D eigenvalue weighted by atomic mass is 9.99. The average Bonchev–Trinajstić information content (AvgIpc) is 3.12. The minimum atomic E-state index is 0.480. The number of nitrogens with one attached hydrogen (secondary N) is 1. The normalized spacial score (nSPS) is 16.1. The molecule has 0 spiro atoms. The second-order valence-corrected chi connectivity index (χ2v) is 6.80.